The molecule has 0 aromatic carbocycles. The number of hydrogen-bond donors (Lipinski definition) is 1. The first kappa shape index (κ1) is 26.0. The summed E-state index contributed by atoms with van der Waals surface area (Å²) in [6.07, 6.45) is 0. The van der Waals surface area contributed by atoms with Crippen LogP contribution in [0.3, 0.4) is 0 Å². The van der Waals surface area contributed by atoms with Crippen molar-refractivity contribution in [2.75, 3.05) is 7.11 Å². The van der Waals surface area contributed by atoms with Gasteiger partial charge in [0, 0.05) is 28.8 Å². The van der Waals surface area contributed by atoms with Gasteiger partial charge in [0.05, 0.1) is 0 Å². The van der Waals surface area contributed by atoms with Crippen molar-refractivity contribution in [3.63, 3.8) is 0 Å². The molecule has 0 aromatic rings. The molecule has 5 heavy (non-hydrogen) atoms. The molecule has 0 fully saturated rings. The Morgan fingerprint density at radius 3 is 1.20 bits per heavy atom. The molecule has 28 valence electrons. The topological polar surface area (TPSA) is 20.2 Å². The summed E-state index contributed by atoms with van der Waals surface area (Å²) < 4.78 is 0. The number of rotatable bonds is 0. The van der Waals surface area contributed by atoms with E-state index in [1.807, 2.05) is 0 Å². The van der Waals surface area contributed by atoms with E-state index in [1.165, 1.54) is 0 Å². The van der Waals surface area contributed by atoms with Gasteiger partial charge in [-0.25, -0.2) is 0 Å². The molecule has 0 spiro atoms. The second kappa shape index (κ2) is 31.8. The third-order valence-corrected chi connectivity index (χ3v) is 0. The molecule has 0 amide bonds. The first-order valence-corrected chi connectivity index (χ1v) is 0.447. The first-order chi connectivity index (χ1) is 1.00. The van der Waals surface area contributed by atoms with Gasteiger partial charge in [-0.1, -0.05) is 0 Å². The number of aliphatic hydroxyl groups is 1. The molecule has 0 atom stereocenters. The molecule has 0 aliphatic carbocycles. The standard InChI is InChI=1S/CH4O.Al.Ca.Ti.5H/c1-2;;;;;;;;/h2H,1H3;;;;;;;;. The fraction of sp³-hybridized carbons (Fsp3) is 1.00. The molecule has 1 nitrogen and oxygen atoms in total. The fourth-order valence-electron chi connectivity index (χ4n) is 0. The molecular formula is CH9AlCaOTi. The van der Waals surface area contributed by atoms with Gasteiger partial charge in [-0.3, -0.25) is 0 Å². The molecule has 0 radical (unpaired) electrons. The van der Waals surface area contributed by atoms with E-state index in [4.69, 9.17) is 5.11 Å². The molecule has 0 rings (SSSR count). The van der Waals surface area contributed by atoms with Gasteiger partial charge in [-0.05, 0) is 0 Å². The van der Waals surface area contributed by atoms with Gasteiger partial charge >= 0.3 is 37.7 Å². The van der Waals surface area contributed by atoms with Crippen molar-refractivity contribution in [3.8, 4) is 0 Å². The van der Waals surface area contributed by atoms with Crippen molar-refractivity contribution >= 4 is 55.1 Å². The molecule has 0 unspecified atom stereocenters. The molecule has 0 saturated carbocycles. The Morgan fingerprint density at radius 2 is 1.20 bits per heavy atom. The third kappa shape index (κ3) is 21.2. The van der Waals surface area contributed by atoms with Crippen molar-refractivity contribution in [3.05, 3.63) is 0 Å². The zero-order chi connectivity index (χ0) is 2.00. The van der Waals surface area contributed by atoms with Crippen molar-refractivity contribution in [1.82, 2.24) is 0 Å². The Balaban J connectivity index is -0.00000000167. The average molecular weight is 152 g/mol. The van der Waals surface area contributed by atoms with Gasteiger partial charge in [0.25, 0.3) is 0 Å². The van der Waals surface area contributed by atoms with Crippen molar-refractivity contribution in [2.45, 2.75) is 0 Å². The predicted octanol–water partition coefficient (Wildman–Crippen LogP) is -2.49. The first-order valence-electron chi connectivity index (χ1n) is 0.447. The maximum Gasteiger partial charge on any atom is 0 e. The van der Waals surface area contributed by atoms with Crippen LogP contribution in [0, 0.1) is 0 Å². The van der Waals surface area contributed by atoms with Crippen LogP contribution < -0.4 is 0 Å². The van der Waals surface area contributed by atoms with Crippen LogP contribution in [-0.2, 0) is 21.7 Å². The van der Waals surface area contributed by atoms with Crippen molar-refractivity contribution in [1.29, 1.82) is 0 Å². The van der Waals surface area contributed by atoms with Crippen molar-refractivity contribution < 1.29 is 26.8 Å². The van der Waals surface area contributed by atoms with Gasteiger partial charge in [0.1, 0.15) is 0 Å². The Morgan fingerprint density at radius 1 is 1.20 bits per heavy atom. The van der Waals surface area contributed by atoms with Crippen LogP contribution in [0.2, 0.25) is 0 Å². The van der Waals surface area contributed by atoms with Crippen molar-refractivity contribution in [2.24, 2.45) is 0 Å². The maximum atomic E-state index is 7.00. The molecule has 0 heterocycles. The summed E-state index contributed by atoms with van der Waals surface area (Å²) in [5.74, 6) is 0. The summed E-state index contributed by atoms with van der Waals surface area (Å²) in [5.41, 5.74) is 0. The molecule has 0 bridgehead atoms. The molecule has 1 N–H and O–H groups in total. The van der Waals surface area contributed by atoms with E-state index >= 15 is 0 Å². The van der Waals surface area contributed by atoms with Gasteiger partial charge in [-0.15, -0.1) is 0 Å². The Bertz CT molecular complexity index is 11.6. The normalized spacial score (nSPS) is 1.20. The summed E-state index contributed by atoms with van der Waals surface area (Å²) in [6, 6.07) is 0. The summed E-state index contributed by atoms with van der Waals surface area (Å²) >= 11 is 0. The van der Waals surface area contributed by atoms with Crippen LogP contribution in [-0.4, -0.2) is 67.3 Å². The van der Waals surface area contributed by atoms with Crippen LogP contribution in [0.5, 0.6) is 0 Å². The molecule has 0 aliphatic heterocycles. The largest absolute Gasteiger partial charge is 0 e. The monoisotopic (exact) mass is 152 g/mol. The summed E-state index contributed by atoms with van der Waals surface area (Å²) in [6.45, 7) is 0. The molecular weight excluding hydrogens is 143 g/mol. The third-order valence-electron chi connectivity index (χ3n) is 0. The maximum absolute atomic E-state index is 7.00. The second-order valence-corrected chi connectivity index (χ2v) is 0. The minimum atomic E-state index is 0. The minimum absolute atomic E-state index is 0. The fourth-order valence-corrected chi connectivity index (χ4v) is 0. The molecule has 0 aromatic heterocycles. The zero-order valence-corrected chi connectivity index (χ0v) is 3.51. The molecule has 0 saturated heterocycles. The van der Waals surface area contributed by atoms with Crippen LogP contribution in [0.15, 0.2) is 0 Å². The SMILES string of the molecule is CO.[AlH3].[CaH2].[Ti]. The van der Waals surface area contributed by atoms with E-state index in [9.17, 15) is 0 Å². The molecule has 0 aliphatic rings. The van der Waals surface area contributed by atoms with Crippen LogP contribution in [0.1, 0.15) is 0 Å². The zero-order valence-electron chi connectivity index (χ0n) is 1.95. The Labute approximate surface area is 87.5 Å². The van der Waals surface area contributed by atoms with Gasteiger partial charge in [-0.2, -0.15) is 0 Å². The Hall–Kier alpha value is 2.47. The van der Waals surface area contributed by atoms with E-state index < -0.39 is 0 Å². The van der Waals surface area contributed by atoms with E-state index in [2.05, 4.69) is 0 Å². The van der Waals surface area contributed by atoms with Crippen LogP contribution >= 0.6 is 0 Å². The van der Waals surface area contributed by atoms with E-state index in [1.54, 1.807) is 0 Å². The minimum Gasteiger partial charge on any atom is 0 e. The van der Waals surface area contributed by atoms with Gasteiger partial charge in [0.15, 0.2) is 17.4 Å². The summed E-state index contributed by atoms with van der Waals surface area (Å²) in [5, 5.41) is 7.00. The number of hydrogen-bond acceptors (Lipinski definition) is 1. The quantitative estimate of drug-likeness (QED) is 0.380. The van der Waals surface area contributed by atoms with E-state index in [0.29, 0.717) is 0 Å². The summed E-state index contributed by atoms with van der Waals surface area (Å²) in [4.78, 5) is 0. The van der Waals surface area contributed by atoms with E-state index in [0.717, 1.165) is 7.11 Å². The smallest absolute Gasteiger partial charge is 0 e. The predicted molar refractivity (Wildman–Crippen MR) is 26.6 cm³/mol. The van der Waals surface area contributed by atoms with Gasteiger partial charge < -0.3 is 5.11 Å². The number of aliphatic hydroxyl groups excluding tert-OH is 1. The second-order valence-electron chi connectivity index (χ2n) is 0. The summed E-state index contributed by atoms with van der Waals surface area (Å²) in [7, 11) is 1.00. The van der Waals surface area contributed by atoms with Crippen LogP contribution in [0.25, 0.3) is 0 Å². The Kier molecular flexibility index (Phi) is 165. The van der Waals surface area contributed by atoms with E-state index in [-0.39, 0.29) is 76.8 Å². The average Bonchev–Trinajstić information content (AvgIpc) is 1.00. The van der Waals surface area contributed by atoms with Gasteiger partial charge in [0.2, 0.25) is 0 Å². The molecule has 4 heteroatoms. The van der Waals surface area contributed by atoms with Crippen LogP contribution in [0.4, 0.5) is 0 Å².